The van der Waals surface area contributed by atoms with E-state index in [-0.39, 0.29) is 26.0 Å². The van der Waals surface area contributed by atoms with Crippen LogP contribution in [0.5, 0.6) is 0 Å². The molecule has 0 aromatic heterocycles. The number of hydrogen-bond acceptors (Lipinski definition) is 5. The van der Waals surface area contributed by atoms with E-state index in [0.717, 1.165) is 4.90 Å². The van der Waals surface area contributed by atoms with E-state index in [2.05, 4.69) is 0 Å². The van der Waals surface area contributed by atoms with Gasteiger partial charge >= 0.3 is 0 Å². The summed E-state index contributed by atoms with van der Waals surface area (Å²) >= 11 is 0. The predicted octanol–water partition coefficient (Wildman–Crippen LogP) is -0.484. The van der Waals surface area contributed by atoms with E-state index >= 15 is 0 Å². The first kappa shape index (κ1) is 16.7. The summed E-state index contributed by atoms with van der Waals surface area (Å²) in [4.78, 5) is 36.6. The molecule has 6 nitrogen and oxygen atoms in total. The fourth-order valence-corrected chi connectivity index (χ4v) is 2.02. The van der Waals surface area contributed by atoms with Crippen LogP contribution < -0.4 is 0 Å². The average Bonchev–Trinajstić information content (AvgIpc) is 2.37. The van der Waals surface area contributed by atoms with Gasteiger partial charge in [-0.1, -0.05) is 13.8 Å². The molecule has 0 spiro atoms. The third kappa shape index (κ3) is 2.94. The zero-order valence-corrected chi connectivity index (χ0v) is 11.1. The molecular weight excluding hydrogens is 238 g/mol. The molecule has 2 N–H and O–H groups in total. The van der Waals surface area contributed by atoms with E-state index in [0.29, 0.717) is 0 Å². The van der Waals surface area contributed by atoms with Gasteiger partial charge in [-0.3, -0.25) is 14.4 Å². The molecule has 0 atom stereocenters. The lowest BCUT2D eigenvalue weighted by Gasteiger charge is -2.39. The molecule has 18 heavy (non-hydrogen) atoms. The summed E-state index contributed by atoms with van der Waals surface area (Å²) < 4.78 is 0. The maximum Gasteiger partial charge on any atom is 0.220 e. The van der Waals surface area contributed by atoms with E-state index in [1.807, 2.05) is 0 Å². The zero-order chi connectivity index (χ0) is 14.3. The van der Waals surface area contributed by atoms with Crippen molar-refractivity contribution in [3.8, 4) is 0 Å². The number of amides is 1. The van der Waals surface area contributed by atoms with Gasteiger partial charge in [-0.05, 0) is 0 Å². The largest absolute Gasteiger partial charge is 0.395 e. The van der Waals surface area contributed by atoms with Crippen LogP contribution in [0.3, 0.4) is 0 Å². The first-order valence-electron chi connectivity index (χ1n) is 5.98. The molecule has 0 rings (SSSR count). The van der Waals surface area contributed by atoms with Crippen LogP contribution in [0.25, 0.3) is 0 Å². The average molecular weight is 259 g/mol. The van der Waals surface area contributed by atoms with Gasteiger partial charge in [0.1, 0.15) is 0 Å². The van der Waals surface area contributed by atoms with Crippen molar-refractivity contribution < 1.29 is 24.6 Å². The van der Waals surface area contributed by atoms with Gasteiger partial charge in [0.15, 0.2) is 17.1 Å². The minimum atomic E-state index is -1.85. The van der Waals surface area contributed by atoms with E-state index < -0.39 is 29.6 Å². The van der Waals surface area contributed by atoms with Crippen LogP contribution in [-0.4, -0.2) is 57.9 Å². The van der Waals surface area contributed by atoms with Crippen molar-refractivity contribution >= 4 is 17.5 Å². The monoisotopic (exact) mass is 259 g/mol. The van der Waals surface area contributed by atoms with E-state index in [1.54, 1.807) is 13.8 Å². The van der Waals surface area contributed by atoms with Crippen LogP contribution in [0.2, 0.25) is 0 Å². The molecule has 0 radical (unpaired) electrons. The van der Waals surface area contributed by atoms with Gasteiger partial charge < -0.3 is 15.1 Å². The molecule has 0 bridgehead atoms. The summed E-state index contributed by atoms with van der Waals surface area (Å²) in [5.41, 5.74) is -1.85. The molecule has 104 valence electrons. The Morgan fingerprint density at radius 3 is 1.72 bits per heavy atom. The molecule has 0 aliphatic carbocycles. The van der Waals surface area contributed by atoms with Crippen LogP contribution in [0, 0.1) is 0 Å². The fourth-order valence-electron chi connectivity index (χ4n) is 2.02. The van der Waals surface area contributed by atoms with Crippen molar-refractivity contribution in [2.45, 2.75) is 39.2 Å². The minimum absolute atomic E-state index is 0.0293. The summed E-state index contributed by atoms with van der Waals surface area (Å²) in [7, 11) is 0. The van der Waals surface area contributed by atoms with Crippen LogP contribution in [0.15, 0.2) is 0 Å². The van der Waals surface area contributed by atoms with Gasteiger partial charge in [0.2, 0.25) is 5.91 Å². The summed E-state index contributed by atoms with van der Waals surface area (Å²) in [5, 5.41) is 18.5. The van der Waals surface area contributed by atoms with Gasteiger partial charge in [-0.15, -0.1) is 0 Å². The number of Topliss-reactive ketones (excluding diaryl/α,β-unsaturated/α-hetero) is 2. The Bertz CT molecular complexity index is 310. The van der Waals surface area contributed by atoms with Crippen LogP contribution in [0.4, 0.5) is 0 Å². The molecule has 0 saturated heterocycles. The molecule has 0 saturated carbocycles. The fraction of sp³-hybridized carbons (Fsp3) is 0.750. The highest BCUT2D eigenvalue weighted by molar-refractivity contribution is 6.13. The minimum Gasteiger partial charge on any atom is -0.395 e. The Kier molecular flexibility index (Phi) is 6.72. The van der Waals surface area contributed by atoms with E-state index in [1.165, 1.54) is 6.92 Å². The van der Waals surface area contributed by atoms with Gasteiger partial charge in [0.05, 0.1) is 13.2 Å². The van der Waals surface area contributed by atoms with Crippen molar-refractivity contribution in [2.75, 3.05) is 19.8 Å². The number of ketones is 2. The summed E-state index contributed by atoms with van der Waals surface area (Å²) in [6, 6.07) is 0. The Morgan fingerprint density at radius 1 is 1.06 bits per heavy atom. The Balaban J connectivity index is 5.73. The van der Waals surface area contributed by atoms with Crippen molar-refractivity contribution in [3.05, 3.63) is 0 Å². The molecule has 0 fully saturated rings. The Hall–Kier alpha value is -1.27. The topological polar surface area (TPSA) is 94.9 Å². The highest BCUT2D eigenvalue weighted by Gasteiger charge is 2.49. The predicted molar refractivity (Wildman–Crippen MR) is 64.9 cm³/mol. The molecule has 0 aromatic carbocycles. The highest BCUT2D eigenvalue weighted by Crippen LogP contribution is 2.22. The molecule has 1 amide bonds. The van der Waals surface area contributed by atoms with Crippen molar-refractivity contribution in [2.24, 2.45) is 0 Å². The first-order chi connectivity index (χ1) is 8.42. The van der Waals surface area contributed by atoms with Gasteiger partial charge in [-0.25, -0.2) is 0 Å². The van der Waals surface area contributed by atoms with Crippen LogP contribution >= 0.6 is 0 Å². The van der Waals surface area contributed by atoms with Crippen LogP contribution in [-0.2, 0) is 14.4 Å². The van der Waals surface area contributed by atoms with Crippen molar-refractivity contribution in [1.82, 2.24) is 4.90 Å². The standard InChI is InChI=1S/C12H21NO5/c1-4-10(17)12(8-15,11(18)5-2)13(6-7-14)9(3)16/h14-15H,4-8H2,1-3H3. The quantitative estimate of drug-likeness (QED) is 0.574. The molecule has 0 heterocycles. The third-order valence-electron chi connectivity index (χ3n) is 2.96. The normalized spacial score (nSPS) is 11.2. The smallest absolute Gasteiger partial charge is 0.220 e. The number of carbonyl (C=O) groups excluding carboxylic acids is 3. The lowest BCUT2D eigenvalue weighted by atomic mass is 9.84. The van der Waals surface area contributed by atoms with Crippen molar-refractivity contribution in [1.29, 1.82) is 0 Å². The van der Waals surface area contributed by atoms with Gasteiger partial charge in [0, 0.05) is 26.3 Å². The maximum atomic E-state index is 12.0. The summed E-state index contributed by atoms with van der Waals surface area (Å²) in [6.07, 6.45) is 0.0585. The Labute approximate surface area is 107 Å². The Morgan fingerprint density at radius 2 is 1.50 bits per heavy atom. The van der Waals surface area contributed by atoms with Gasteiger partial charge in [-0.2, -0.15) is 0 Å². The number of rotatable bonds is 8. The number of β-amino-alcohol motifs (C(OH)–C–C–N with tert-alkyl or cyclic N) is 1. The molecule has 0 aliphatic rings. The molecule has 0 aliphatic heterocycles. The second-order valence-corrected chi connectivity index (χ2v) is 3.97. The van der Waals surface area contributed by atoms with Crippen LogP contribution in [0.1, 0.15) is 33.6 Å². The second-order valence-electron chi connectivity index (χ2n) is 3.97. The number of hydrogen-bond donors (Lipinski definition) is 2. The van der Waals surface area contributed by atoms with Crippen molar-refractivity contribution in [3.63, 3.8) is 0 Å². The number of carbonyl (C=O) groups is 3. The number of aliphatic hydroxyl groups excluding tert-OH is 2. The summed E-state index contributed by atoms with van der Waals surface area (Å²) in [6.45, 7) is 3.03. The maximum absolute atomic E-state index is 12.0. The number of nitrogens with zero attached hydrogens (tertiary/aromatic N) is 1. The molecule has 0 aromatic rings. The number of aliphatic hydroxyl groups is 2. The van der Waals surface area contributed by atoms with Gasteiger partial charge in [0.25, 0.3) is 0 Å². The van der Waals surface area contributed by atoms with E-state index in [9.17, 15) is 19.5 Å². The highest BCUT2D eigenvalue weighted by atomic mass is 16.3. The second kappa shape index (κ2) is 7.23. The first-order valence-corrected chi connectivity index (χ1v) is 5.98. The third-order valence-corrected chi connectivity index (χ3v) is 2.96. The zero-order valence-electron chi connectivity index (χ0n) is 11.1. The lowest BCUT2D eigenvalue weighted by Crippen LogP contribution is -2.64. The SMILES string of the molecule is CCC(=O)C(CO)(C(=O)CC)N(CCO)C(C)=O. The molecule has 6 heteroatoms. The lowest BCUT2D eigenvalue weighted by molar-refractivity contribution is -0.157. The summed E-state index contributed by atoms with van der Waals surface area (Å²) in [5.74, 6) is -1.55. The molecular formula is C12H21NO5. The van der Waals surface area contributed by atoms with E-state index in [4.69, 9.17) is 5.11 Å². The molecule has 0 unspecified atom stereocenters.